The smallest absolute Gasteiger partial charge is 0.408 e. The van der Waals surface area contributed by atoms with Gasteiger partial charge in [-0.15, -0.1) is 11.8 Å². The lowest BCUT2D eigenvalue weighted by Gasteiger charge is -2.26. The lowest BCUT2D eigenvalue weighted by Crippen LogP contribution is -2.55. The van der Waals surface area contributed by atoms with E-state index in [-0.39, 0.29) is 24.1 Å². The Balaban J connectivity index is 3.00. The van der Waals surface area contributed by atoms with Crippen molar-refractivity contribution >= 4 is 82.5 Å². The normalized spacial score (nSPS) is 13.3. The molecule has 18 heteroatoms. The molecule has 3 atom stereocenters. The van der Waals surface area contributed by atoms with E-state index < -0.39 is 76.7 Å². The Morgan fingerprint density at radius 3 is 2.00 bits per heavy atom. The minimum atomic E-state index is -1.96. The monoisotopic (exact) mass is 742 g/mol. The predicted octanol–water partition coefficient (Wildman–Crippen LogP) is 3.60. The van der Waals surface area contributed by atoms with Crippen LogP contribution in [0.4, 0.5) is 9.59 Å². The van der Waals surface area contributed by atoms with E-state index >= 15 is 0 Å². The van der Waals surface area contributed by atoms with E-state index in [1.165, 1.54) is 6.92 Å². The molecule has 4 amide bonds. The van der Waals surface area contributed by atoms with E-state index in [1.807, 2.05) is 0 Å². The second kappa shape index (κ2) is 20.3. The number of hydrogen-bond acceptors (Lipinski definition) is 11. The number of carbonyl (C=O) groups excluding carboxylic acids is 6. The van der Waals surface area contributed by atoms with Crippen LogP contribution in [0.2, 0.25) is 0 Å². The number of benzene rings is 1. The zero-order valence-electron chi connectivity index (χ0n) is 26.9. The van der Waals surface area contributed by atoms with Gasteiger partial charge < -0.3 is 40.2 Å². The van der Waals surface area contributed by atoms with Gasteiger partial charge in [0.2, 0.25) is 15.6 Å². The highest BCUT2D eigenvalue weighted by molar-refractivity contribution is 7.99. The molecule has 0 aliphatic rings. The van der Waals surface area contributed by atoms with Gasteiger partial charge in [0.15, 0.2) is 6.04 Å². The second-order valence-electron chi connectivity index (χ2n) is 11.3. The van der Waals surface area contributed by atoms with Crippen molar-refractivity contribution in [3.05, 3.63) is 35.9 Å². The zero-order valence-corrected chi connectivity index (χ0v) is 29.9. The van der Waals surface area contributed by atoms with Crippen LogP contribution in [-0.4, -0.2) is 88.3 Å². The second-order valence-corrected chi connectivity index (χ2v) is 14.8. The standard InChI is InChI=1S/C29H41Cl3N4O10S/c1-17(2)22(36-23(38)21(14-47-16-33-18(3)37)35-27(42)46-28(4,5)6)25(40)43-13-20(24(39)45-15-29(30,31)32)34-26(41)44-12-19-10-8-7-9-11-19/h7-11,17,20-22H,12-16H2,1-6H3,(H,33,37)(H,34,41)(H,35,42)(H,36,38)/t20-,21+,22+/m1/s1. The molecule has 0 fully saturated rings. The molecule has 0 radical (unpaired) electrons. The average molecular weight is 744 g/mol. The number of esters is 2. The highest BCUT2D eigenvalue weighted by Crippen LogP contribution is 2.26. The third-order valence-corrected chi connectivity index (χ3v) is 6.74. The van der Waals surface area contributed by atoms with E-state index in [1.54, 1.807) is 65.0 Å². The van der Waals surface area contributed by atoms with Crippen molar-refractivity contribution in [3.63, 3.8) is 0 Å². The lowest BCUT2D eigenvalue weighted by atomic mass is 10.0. The summed E-state index contributed by atoms with van der Waals surface area (Å²) in [7, 11) is 0. The van der Waals surface area contributed by atoms with Crippen molar-refractivity contribution in [1.82, 2.24) is 21.3 Å². The van der Waals surface area contributed by atoms with Gasteiger partial charge in [-0.25, -0.2) is 19.2 Å². The predicted molar refractivity (Wildman–Crippen MR) is 177 cm³/mol. The van der Waals surface area contributed by atoms with E-state index in [4.69, 9.17) is 53.8 Å². The van der Waals surface area contributed by atoms with Gasteiger partial charge in [-0.05, 0) is 32.3 Å². The minimum Gasteiger partial charge on any atom is -0.461 e. The van der Waals surface area contributed by atoms with Crippen LogP contribution in [0.15, 0.2) is 30.3 Å². The Labute approximate surface area is 292 Å². The molecule has 4 N–H and O–H groups in total. The van der Waals surface area contributed by atoms with Gasteiger partial charge in [0.05, 0.1) is 5.88 Å². The molecule has 47 heavy (non-hydrogen) atoms. The summed E-state index contributed by atoms with van der Waals surface area (Å²) in [6.45, 7) is 8.01. The largest absolute Gasteiger partial charge is 0.461 e. The fourth-order valence-electron chi connectivity index (χ4n) is 3.30. The topological polar surface area (TPSA) is 187 Å². The van der Waals surface area contributed by atoms with Crippen LogP contribution in [0.5, 0.6) is 0 Å². The zero-order chi connectivity index (χ0) is 35.8. The van der Waals surface area contributed by atoms with Gasteiger partial charge in [0, 0.05) is 12.7 Å². The third kappa shape index (κ3) is 19.3. The molecular weight excluding hydrogens is 703 g/mol. The average Bonchev–Trinajstić information content (AvgIpc) is 2.95. The summed E-state index contributed by atoms with van der Waals surface area (Å²) in [4.78, 5) is 75.3. The number of alkyl halides is 3. The third-order valence-electron chi connectivity index (χ3n) is 5.49. The van der Waals surface area contributed by atoms with Gasteiger partial charge in [-0.3, -0.25) is 9.59 Å². The molecule has 0 spiro atoms. The fourth-order valence-corrected chi connectivity index (χ4v) is 4.36. The molecular formula is C29H41Cl3N4O10S. The maximum Gasteiger partial charge on any atom is 0.408 e. The molecule has 0 aliphatic heterocycles. The Hall–Kier alpha value is -3.14. The van der Waals surface area contributed by atoms with Crippen LogP contribution < -0.4 is 21.3 Å². The maximum absolute atomic E-state index is 13.3. The lowest BCUT2D eigenvalue weighted by molar-refractivity contribution is -0.155. The molecule has 0 saturated heterocycles. The number of rotatable bonds is 16. The molecule has 14 nitrogen and oxygen atoms in total. The van der Waals surface area contributed by atoms with Gasteiger partial charge >= 0.3 is 24.1 Å². The molecule has 1 aromatic rings. The van der Waals surface area contributed by atoms with Crippen LogP contribution in [0, 0.1) is 5.92 Å². The summed E-state index contributed by atoms with van der Waals surface area (Å²) < 4.78 is 18.7. The number of alkyl carbamates (subject to hydrolysis) is 2. The van der Waals surface area contributed by atoms with E-state index in [9.17, 15) is 28.8 Å². The van der Waals surface area contributed by atoms with Gasteiger partial charge in [-0.2, -0.15) is 0 Å². The van der Waals surface area contributed by atoms with Crippen molar-refractivity contribution in [2.45, 2.75) is 75.7 Å². The Morgan fingerprint density at radius 1 is 0.830 bits per heavy atom. The van der Waals surface area contributed by atoms with E-state index in [0.717, 1.165) is 11.8 Å². The molecule has 0 bridgehead atoms. The fraction of sp³-hybridized carbons (Fsp3) is 0.586. The number of amides is 4. The van der Waals surface area contributed by atoms with Crippen molar-refractivity contribution in [1.29, 1.82) is 0 Å². The highest BCUT2D eigenvalue weighted by atomic mass is 35.6. The molecule has 0 saturated carbocycles. The number of ether oxygens (including phenoxy) is 4. The van der Waals surface area contributed by atoms with Crippen LogP contribution in [0.3, 0.4) is 0 Å². The molecule has 1 rings (SSSR count). The first kappa shape index (κ1) is 41.9. The van der Waals surface area contributed by atoms with Crippen LogP contribution in [0.25, 0.3) is 0 Å². The molecule has 0 aromatic heterocycles. The maximum atomic E-state index is 13.3. The number of hydrogen-bond donors (Lipinski definition) is 4. The minimum absolute atomic E-state index is 0.0113. The number of thioether (sulfide) groups is 1. The van der Waals surface area contributed by atoms with Gasteiger partial charge in [-0.1, -0.05) is 79.0 Å². The quantitative estimate of drug-likeness (QED) is 0.0637. The molecule has 0 unspecified atom stereocenters. The number of nitrogens with one attached hydrogen (secondary N) is 4. The summed E-state index contributed by atoms with van der Waals surface area (Å²) in [5, 5.41) is 9.84. The molecule has 0 heterocycles. The number of halogens is 3. The molecule has 1 aromatic carbocycles. The Bertz CT molecular complexity index is 1210. The van der Waals surface area contributed by atoms with Crippen molar-refractivity contribution in [2.24, 2.45) is 5.92 Å². The Morgan fingerprint density at radius 2 is 1.45 bits per heavy atom. The summed E-state index contributed by atoms with van der Waals surface area (Å²) in [5.41, 5.74) is -0.176. The summed E-state index contributed by atoms with van der Waals surface area (Å²) in [6, 6.07) is 4.71. The van der Waals surface area contributed by atoms with E-state index in [2.05, 4.69) is 21.3 Å². The Kier molecular flexibility index (Phi) is 18.1. The van der Waals surface area contributed by atoms with E-state index in [0.29, 0.717) is 5.56 Å². The SMILES string of the molecule is CC(=O)NCSC[C@H](NC(=O)OC(C)(C)C)C(=O)N[C@H](C(=O)OC[C@@H](NC(=O)OCc1ccccc1)C(=O)OCC(Cl)(Cl)Cl)C(C)C. The van der Waals surface area contributed by atoms with Crippen LogP contribution >= 0.6 is 46.6 Å². The first-order valence-corrected chi connectivity index (χ1v) is 16.6. The number of carbonyl (C=O) groups is 6. The van der Waals surface area contributed by atoms with Crippen LogP contribution in [0.1, 0.15) is 47.1 Å². The summed E-state index contributed by atoms with van der Waals surface area (Å²) in [5.74, 6) is -3.45. The molecule has 264 valence electrons. The first-order valence-electron chi connectivity index (χ1n) is 14.3. The van der Waals surface area contributed by atoms with Gasteiger partial charge in [0.1, 0.15) is 37.5 Å². The van der Waals surface area contributed by atoms with Crippen LogP contribution in [-0.2, 0) is 44.7 Å². The highest BCUT2D eigenvalue weighted by Gasteiger charge is 2.33. The van der Waals surface area contributed by atoms with Crippen molar-refractivity contribution in [3.8, 4) is 0 Å². The first-order chi connectivity index (χ1) is 21.8. The van der Waals surface area contributed by atoms with Crippen molar-refractivity contribution < 1.29 is 47.7 Å². The van der Waals surface area contributed by atoms with Crippen molar-refractivity contribution in [2.75, 3.05) is 24.8 Å². The summed E-state index contributed by atoms with van der Waals surface area (Å²) >= 11 is 18.1. The summed E-state index contributed by atoms with van der Waals surface area (Å²) in [6.07, 6.45) is -1.90. The molecule has 0 aliphatic carbocycles. The van der Waals surface area contributed by atoms with Gasteiger partial charge in [0.25, 0.3) is 0 Å².